The van der Waals surface area contributed by atoms with Crippen molar-refractivity contribution in [1.82, 2.24) is 9.36 Å². The van der Waals surface area contributed by atoms with E-state index in [9.17, 15) is 4.79 Å². The van der Waals surface area contributed by atoms with Crippen LogP contribution in [-0.4, -0.2) is 9.36 Å². The summed E-state index contributed by atoms with van der Waals surface area (Å²) in [4.78, 5) is 13.3. The van der Waals surface area contributed by atoms with E-state index in [0.29, 0.717) is 5.92 Å². The highest BCUT2D eigenvalue weighted by Gasteiger charge is 2.50. The Balaban J connectivity index is 1.74. The third-order valence-corrected chi connectivity index (χ3v) is 6.96. The first kappa shape index (κ1) is 15.2. The number of hydrogen-bond acceptors (Lipinski definition) is 1. The van der Waals surface area contributed by atoms with Gasteiger partial charge in [-0.3, -0.25) is 9.48 Å². The van der Waals surface area contributed by atoms with Crippen LogP contribution in [0.4, 0.5) is 0 Å². The van der Waals surface area contributed by atoms with Crippen molar-refractivity contribution in [1.29, 1.82) is 0 Å². The third kappa shape index (κ3) is 1.84. The van der Waals surface area contributed by atoms with Gasteiger partial charge in [-0.15, -0.1) is 0 Å². The van der Waals surface area contributed by atoms with Crippen molar-refractivity contribution in [3.8, 4) is 5.69 Å². The largest absolute Gasteiger partial charge is 0.284 e. The molecule has 130 valence electrons. The molecule has 25 heavy (non-hydrogen) atoms. The van der Waals surface area contributed by atoms with Crippen LogP contribution in [0.2, 0.25) is 0 Å². The smallest absolute Gasteiger partial charge is 0.275 e. The second kappa shape index (κ2) is 4.57. The van der Waals surface area contributed by atoms with Crippen LogP contribution in [0.15, 0.2) is 29.1 Å². The lowest BCUT2D eigenvalue weighted by Gasteiger charge is -2.30. The maximum Gasteiger partial charge on any atom is 0.275 e. The van der Waals surface area contributed by atoms with E-state index in [1.807, 2.05) is 4.68 Å². The van der Waals surface area contributed by atoms with Crippen molar-refractivity contribution >= 4 is 6.08 Å². The van der Waals surface area contributed by atoms with Crippen LogP contribution in [0.3, 0.4) is 0 Å². The molecule has 0 N–H and O–H groups in total. The van der Waals surface area contributed by atoms with Gasteiger partial charge in [-0.25, -0.2) is 4.68 Å². The fourth-order valence-electron chi connectivity index (χ4n) is 5.70. The van der Waals surface area contributed by atoms with Crippen LogP contribution < -0.4 is 5.56 Å². The van der Waals surface area contributed by atoms with Crippen LogP contribution >= 0.6 is 0 Å². The highest BCUT2D eigenvalue weighted by molar-refractivity contribution is 5.62. The standard InChI is InChI=1S/C22H26N2O/c1-21(2)10-5-6-14-7-8-16(12-17(14)21)24-20(25)18-15-9-11-22(3,13-15)19(18)23(24)4/h5-8,12,15H,9-11,13H2,1-4H3/t15-,22+/m0/s1. The summed E-state index contributed by atoms with van der Waals surface area (Å²) in [5.74, 6) is 0.469. The molecular formula is C22H26N2O. The molecule has 1 fully saturated rings. The van der Waals surface area contributed by atoms with E-state index in [1.165, 1.54) is 29.7 Å². The minimum Gasteiger partial charge on any atom is -0.284 e. The lowest BCUT2D eigenvalue weighted by Crippen LogP contribution is -2.26. The summed E-state index contributed by atoms with van der Waals surface area (Å²) >= 11 is 0. The van der Waals surface area contributed by atoms with Gasteiger partial charge in [-0.2, -0.15) is 0 Å². The van der Waals surface area contributed by atoms with E-state index < -0.39 is 0 Å². The van der Waals surface area contributed by atoms with E-state index in [-0.39, 0.29) is 16.4 Å². The molecule has 3 nitrogen and oxygen atoms in total. The maximum absolute atomic E-state index is 13.3. The van der Waals surface area contributed by atoms with E-state index in [4.69, 9.17) is 0 Å². The Morgan fingerprint density at radius 3 is 2.76 bits per heavy atom. The minimum absolute atomic E-state index is 0.114. The zero-order chi connectivity index (χ0) is 17.6. The average molecular weight is 334 g/mol. The fourth-order valence-corrected chi connectivity index (χ4v) is 5.70. The first-order valence-electron chi connectivity index (χ1n) is 9.46. The number of nitrogens with zero attached hydrogens (tertiary/aromatic N) is 2. The average Bonchev–Trinajstić information content (AvgIpc) is 3.16. The van der Waals surface area contributed by atoms with Gasteiger partial charge in [0, 0.05) is 23.7 Å². The molecule has 1 saturated carbocycles. The van der Waals surface area contributed by atoms with E-state index in [0.717, 1.165) is 24.1 Å². The normalized spacial score (nSPS) is 28.2. The van der Waals surface area contributed by atoms with Gasteiger partial charge < -0.3 is 0 Å². The third-order valence-electron chi connectivity index (χ3n) is 6.96. The summed E-state index contributed by atoms with van der Waals surface area (Å²) in [6.07, 6.45) is 9.05. The zero-order valence-electron chi connectivity index (χ0n) is 15.6. The maximum atomic E-state index is 13.3. The summed E-state index contributed by atoms with van der Waals surface area (Å²) < 4.78 is 4.05. The van der Waals surface area contributed by atoms with Crippen molar-refractivity contribution in [2.45, 2.75) is 63.2 Å². The van der Waals surface area contributed by atoms with E-state index in [1.54, 1.807) is 0 Å². The second-order valence-electron chi connectivity index (χ2n) is 9.17. The molecule has 0 saturated heterocycles. The van der Waals surface area contributed by atoms with Crippen molar-refractivity contribution in [3.05, 3.63) is 57.0 Å². The van der Waals surface area contributed by atoms with Gasteiger partial charge in [0.05, 0.1) is 5.69 Å². The van der Waals surface area contributed by atoms with Gasteiger partial charge in [0.15, 0.2) is 0 Å². The van der Waals surface area contributed by atoms with Crippen LogP contribution in [0.1, 0.15) is 74.8 Å². The number of benzene rings is 1. The predicted octanol–water partition coefficient (Wildman–Crippen LogP) is 4.41. The number of rotatable bonds is 1. The van der Waals surface area contributed by atoms with Gasteiger partial charge in [0.1, 0.15) is 0 Å². The van der Waals surface area contributed by atoms with Crippen LogP contribution in [0, 0.1) is 0 Å². The lowest BCUT2D eigenvalue weighted by atomic mass is 9.76. The van der Waals surface area contributed by atoms with Gasteiger partial charge in [-0.05, 0) is 60.3 Å². The summed E-state index contributed by atoms with van der Waals surface area (Å²) in [5.41, 5.74) is 6.51. The quantitative estimate of drug-likeness (QED) is 0.759. The Morgan fingerprint density at radius 2 is 2.00 bits per heavy atom. The Labute approximate surface area is 149 Å². The van der Waals surface area contributed by atoms with Crippen LogP contribution in [0.5, 0.6) is 0 Å². The fraction of sp³-hybridized carbons (Fsp3) is 0.500. The summed E-state index contributed by atoms with van der Waals surface area (Å²) in [7, 11) is 2.07. The molecule has 2 bridgehead atoms. The number of allylic oxidation sites excluding steroid dienone is 1. The molecule has 2 atom stereocenters. The molecule has 1 heterocycles. The molecule has 1 aromatic heterocycles. The first-order chi connectivity index (χ1) is 11.8. The van der Waals surface area contributed by atoms with Crippen molar-refractivity contribution in [2.75, 3.05) is 0 Å². The highest BCUT2D eigenvalue weighted by atomic mass is 16.1. The van der Waals surface area contributed by atoms with Gasteiger partial charge in [-0.1, -0.05) is 39.0 Å². The Kier molecular flexibility index (Phi) is 2.79. The van der Waals surface area contributed by atoms with Crippen molar-refractivity contribution in [2.24, 2.45) is 7.05 Å². The Bertz CT molecular complexity index is 988. The molecule has 3 aliphatic carbocycles. The molecular weight excluding hydrogens is 308 g/mol. The Morgan fingerprint density at radius 1 is 1.20 bits per heavy atom. The molecule has 0 spiro atoms. The number of aromatic nitrogens is 2. The molecule has 2 aromatic rings. The topological polar surface area (TPSA) is 26.9 Å². The first-order valence-corrected chi connectivity index (χ1v) is 9.46. The highest BCUT2D eigenvalue weighted by Crippen LogP contribution is 2.56. The summed E-state index contributed by atoms with van der Waals surface area (Å²) in [6, 6.07) is 6.51. The van der Waals surface area contributed by atoms with Crippen molar-refractivity contribution < 1.29 is 0 Å². The molecule has 0 amide bonds. The minimum atomic E-state index is 0.114. The predicted molar refractivity (Wildman–Crippen MR) is 102 cm³/mol. The second-order valence-corrected chi connectivity index (χ2v) is 9.17. The van der Waals surface area contributed by atoms with Crippen LogP contribution in [-0.2, 0) is 17.9 Å². The molecule has 5 rings (SSSR count). The van der Waals surface area contributed by atoms with Crippen molar-refractivity contribution in [3.63, 3.8) is 0 Å². The molecule has 0 radical (unpaired) electrons. The molecule has 0 aliphatic heterocycles. The lowest BCUT2D eigenvalue weighted by molar-refractivity contribution is 0.446. The summed E-state index contributed by atoms with van der Waals surface area (Å²) in [6.45, 7) is 6.91. The zero-order valence-corrected chi connectivity index (χ0v) is 15.6. The number of fused-ring (bicyclic) bond motifs is 6. The Hall–Kier alpha value is -2.03. The SMILES string of the molecule is Cn1c2c(c(=O)n1-c1ccc3c(c1)C(C)(C)CC=C3)[C@H]1CC[C@]2(C)C1. The summed E-state index contributed by atoms with van der Waals surface area (Å²) in [5, 5.41) is 0. The molecule has 0 unspecified atom stereocenters. The van der Waals surface area contributed by atoms with E-state index >= 15 is 0 Å². The van der Waals surface area contributed by atoms with Crippen LogP contribution in [0.25, 0.3) is 11.8 Å². The van der Waals surface area contributed by atoms with Gasteiger partial charge in [0.25, 0.3) is 5.56 Å². The molecule has 1 aromatic carbocycles. The van der Waals surface area contributed by atoms with E-state index in [2.05, 4.69) is 62.9 Å². The molecule has 3 heteroatoms. The van der Waals surface area contributed by atoms with Gasteiger partial charge in [0.2, 0.25) is 0 Å². The van der Waals surface area contributed by atoms with Gasteiger partial charge >= 0.3 is 0 Å². The number of hydrogen-bond donors (Lipinski definition) is 0. The molecule has 3 aliphatic rings. The monoisotopic (exact) mass is 334 g/mol.